The summed E-state index contributed by atoms with van der Waals surface area (Å²) < 4.78 is 15.3. The number of ketones is 1. The molecule has 0 radical (unpaired) electrons. The highest BCUT2D eigenvalue weighted by atomic mass is 16.6. The molecule has 2 N–H and O–H groups in total. The maximum atomic E-state index is 12.1. The van der Waals surface area contributed by atoms with Crippen LogP contribution in [0, 0.1) is 10.1 Å². The average Bonchev–Trinajstić information content (AvgIpc) is 2.99. The number of carbonyl (C=O) groups excluding carboxylic acids is 4. The lowest BCUT2D eigenvalue weighted by Crippen LogP contribution is -2.70. The van der Waals surface area contributed by atoms with Crippen molar-refractivity contribution in [2.24, 2.45) is 0 Å². The third-order valence-electron chi connectivity index (χ3n) is 5.60. The predicted octanol–water partition coefficient (Wildman–Crippen LogP) is 3.09. The van der Waals surface area contributed by atoms with Crippen LogP contribution in [0.5, 0.6) is 11.5 Å². The number of Topliss-reactive ketones (excluding diaryl/α,β-unsaturated/α-hetero) is 1. The van der Waals surface area contributed by atoms with Crippen molar-refractivity contribution in [3.63, 3.8) is 0 Å². The van der Waals surface area contributed by atoms with Crippen LogP contribution in [0.25, 0.3) is 0 Å². The summed E-state index contributed by atoms with van der Waals surface area (Å²) in [5, 5.41) is 15.9. The molecule has 12 heteroatoms. The van der Waals surface area contributed by atoms with Gasteiger partial charge < -0.3 is 19.5 Å². The maximum Gasteiger partial charge on any atom is 0.310 e. The van der Waals surface area contributed by atoms with Crippen LogP contribution >= 0.6 is 0 Å². The molecule has 3 aromatic rings. The van der Waals surface area contributed by atoms with Gasteiger partial charge in [0.2, 0.25) is 0 Å². The fraction of sp³-hybridized carbons (Fsp3) is 0.241. The smallest absolute Gasteiger partial charge is 0.310 e. The van der Waals surface area contributed by atoms with Crippen LogP contribution < -0.4 is 20.1 Å². The highest BCUT2D eigenvalue weighted by Crippen LogP contribution is 2.15. The monoisotopic (exact) mass is 563 g/mol. The van der Waals surface area contributed by atoms with Gasteiger partial charge in [0.05, 0.1) is 17.4 Å². The predicted molar refractivity (Wildman–Crippen MR) is 146 cm³/mol. The minimum atomic E-state index is -0.871. The Bertz CT molecular complexity index is 1330. The summed E-state index contributed by atoms with van der Waals surface area (Å²) in [5.41, 5.74) is 0.530. The Balaban J connectivity index is 0.000000352. The second kappa shape index (κ2) is 15.5. The van der Waals surface area contributed by atoms with Gasteiger partial charge in [0.15, 0.2) is 12.4 Å². The molecule has 1 heterocycles. The van der Waals surface area contributed by atoms with Gasteiger partial charge in [-0.3, -0.25) is 34.6 Å². The lowest BCUT2D eigenvalue weighted by atomic mass is 9.98. The summed E-state index contributed by atoms with van der Waals surface area (Å²) in [6.07, 6.45) is -0.641. The number of benzene rings is 3. The van der Waals surface area contributed by atoms with E-state index in [2.05, 4.69) is 10.6 Å². The number of nitro benzene ring substituents is 1. The van der Waals surface area contributed by atoms with Crippen LogP contribution in [-0.2, 0) is 30.5 Å². The standard InChI is InChI=1S/C20H19N3O7.C9H10O2/c24-17(12-29-15-4-2-1-3-5-15)22-20-19(26)16(21-20)10-18(25)30-11-13-6-8-14(9-7-13)23(27)28;1-2-9(10)11-8-6-4-3-5-7-8/h1-9,16,20-21H,10-12H2,(H,22,24);3-7H,2H2,1H3. The number of nitrogens with zero attached hydrogens (tertiary/aromatic N) is 1. The van der Waals surface area contributed by atoms with Crippen LogP contribution in [-0.4, -0.2) is 47.4 Å². The van der Waals surface area contributed by atoms with Crippen LogP contribution in [0.3, 0.4) is 0 Å². The largest absolute Gasteiger partial charge is 0.484 e. The molecule has 1 aliphatic heterocycles. The number of para-hydroxylation sites is 2. The van der Waals surface area contributed by atoms with E-state index in [4.69, 9.17) is 14.2 Å². The SMILES string of the molecule is CCC(=O)Oc1ccccc1.O=C(COc1ccccc1)NC1NC(CC(=O)OCc2ccc([N+](=O)[O-])cc2)C1=O. The first-order chi connectivity index (χ1) is 19.7. The molecule has 0 aromatic heterocycles. The third kappa shape index (κ3) is 10.2. The number of carbonyl (C=O) groups is 4. The number of nitro groups is 1. The normalized spacial score (nSPS) is 15.3. The first-order valence-corrected chi connectivity index (χ1v) is 12.7. The Morgan fingerprint density at radius 2 is 1.51 bits per heavy atom. The van der Waals surface area contributed by atoms with E-state index in [1.54, 1.807) is 43.3 Å². The minimum Gasteiger partial charge on any atom is -0.484 e. The molecule has 4 rings (SSSR count). The van der Waals surface area contributed by atoms with Gasteiger partial charge in [-0.2, -0.15) is 0 Å². The van der Waals surface area contributed by atoms with Crippen molar-refractivity contribution in [1.82, 2.24) is 10.6 Å². The van der Waals surface area contributed by atoms with Crippen molar-refractivity contribution in [2.45, 2.75) is 38.6 Å². The molecular formula is C29H29N3O9. The molecule has 1 amide bonds. The van der Waals surface area contributed by atoms with E-state index in [9.17, 15) is 29.3 Å². The van der Waals surface area contributed by atoms with Gasteiger partial charge in [-0.1, -0.05) is 43.3 Å². The van der Waals surface area contributed by atoms with Crippen molar-refractivity contribution in [3.8, 4) is 11.5 Å². The van der Waals surface area contributed by atoms with Crippen molar-refractivity contribution < 1.29 is 38.3 Å². The van der Waals surface area contributed by atoms with Gasteiger partial charge in [0.1, 0.15) is 24.3 Å². The van der Waals surface area contributed by atoms with Crippen LogP contribution in [0.2, 0.25) is 0 Å². The van der Waals surface area contributed by atoms with Crippen molar-refractivity contribution >= 4 is 29.3 Å². The molecular weight excluding hydrogens is 534 g/mol. The number of esters is 2. The molecule has 214 valence electrons. The van der Waals surface area contributed by atoms with E-state index >= 15 is 0 Å². The highest BCUT2D eigenvalue weighted by Gasteiger charge is 2.41. The first-order valence-electron chi connectivity index (χ1n) is 12.7. The Labute approximate surface area is 235 Å². The summed E-state index contributed by atoms with van der Waals surface area (Å²) in [4.78, 5) is 56.7. The fourth-order valence-electron chi connectivity index (χ4n) is 3.41. The Morgan fingerprint density at radius 1 is 0.902 bits per heavy atom. The number of rotatable bonds is 11. The lowest BCUT2D eigenvalue weighted by molar-refractivity contribution is -0.384. The summed E-state index contributed by atoms with van der Waals surface area (Å²) in [5.74, 6) is -0.444. The van der Waals surface area contributed by atoms with Gasteiger partial charge in [-0.15, -0.1) is 0 Å². The van der Waals surface area contributed by atoms with Gasteiger partial charge >= 0.3 is 11.9 Å². The number of hydrogen-bond acceptors (Lipinski definition) is 10. The first kappa shape index (κ1) is 30.4. The van der Waals surface area contributed by atoms with E-state index < -0.39 is 29.0 Å². The van der Waals surface area contributed by atoms with Crippen LogP contribution in [0.15, 0.2) is 84.9 Å². The number of amides is 1. The third-order valence-corrected chi connectivity index (χ3v) is 5.60. The zero-order valence-corrected chi connectivity index (χ0v) is 22.2. The summed E-state index contributed by atoms with van der Waals surface area (Å²) in [6, 6.07) is 22.7. The van der Waals surface area contributed by atoms with Crippen molar-refractivity contribution in [2.75, 3.05) is 6.61 Å². The zero-order valence-electron chi connectivity index (χ0n) is 22.2. The van der Waals surface area contributed by atoms with Crippen LogP contribution in [0.4, 0.5) is 5.69 Å². The maximum absolute atomic E-state index is 12.1. The number of ether oxygens (including phenoxy) is 3. The second-order valence-electron chi connectivity index (χ2n) is 8.65. The molecule has 3 aromatic carbocycles. The zero-order chi connectivity index (χ0) is 29.6. The molecule has 2 unspecified atom stereocenters. The van der Waals surface area contributed by atoms with Crippen molar-refractivity contribution in [3.05, 3.63) is 101 Å². The molecule has 12 nitrogen and oxygen atoms in total. The van der Waals surface area contributed by atoms with Crippen LogP contribution in [0.1, 0.15) is 25.3 Å². The molecule has 1 fully saturated rings. The molecule has 1 aliphatic rings. The lowest BCUT2D eigenvalue weighted by Gasteiger charge is -2.35. The summed E-state index contributed by atoms with van der Waals surface area (Å²) in [6.45, 7) is 1.47. The quantitative estimate of drug-likeness (QED) is 0.153. The van der Waals surface area contributed by atoms with E-state index in [0.717, 1.165) is 0 Å². The average molecular weight is 564 g/mol. The topological polar surface area (TPSA) is 163 Å². The molecule has 41 heavy (non-hydrogen) atoms. The van der Waals surface area contributed by atoms with Gasteiger partial charge in [-0.05, 0) is 42.0 Å². The molecule has 0 spiro atoms. The Kier molecular flexibility index (Phi) is 11.5. The van der Waals surface area contributed by atoms with E-state index in [0.29, 0.717) is 23.5 Å². The van der Waals surface area contributed by atoms with Gasteiger partial charge in [-0.25, -0.2) is 0 Å². The summed E-state index contributed by atoms with van der Waals surface area (Å²) >= 11 is 0. The van der Waals surface area contributed by atoms with E-state index in [1.165, 1.54) is 24.3 Å². The summed E-state index contributed by atoms with van der Waals surface area (Å²) in [7, 11) is 0. The molecule has 0 saturated carbocycles. The molecule has 2 atom stereocenters. The second-order valence-corrected chi connectivity index (χ2v) is 8.65. The Morgan fingerprint density at radius 3 is 2.07 bits per heavy atom. The number of non-ortho nitro benzene ring substituents is 1. The van der Waals surface area contributed by atoms with Gasteiger partial charge in [0.25, 0.3) is 11.6 Å². The van der Waals surface area contributed by atoms with E-state index in [-0.39, 0.29) is 37.1 Å². The molecule has 0 aliphatic carbocycles. The Hall–Kier alpha value is -5.10. The van der Waals surface area contributed by atoms with E-state index in [1.807, 2.05) is 24.3 Å². The molecule has 1 saturated heterocycles. The van der Waals surface area contributed by atoms with Crippen molar-refractivity contribution in [1.29, 1.82) is 0 Å². The fourth-order valence-corrected chi connectivity index (χ4v) is 3.41. The number of hydrogen-bond donors (Lipinski definition) is 2. The highest BCUT2D eigenvalue weighted by molar-refractivity contribution is 5.99. The molecule has 0 bridgehead atoms. The minimum absolute atomic E-state index is 0.0587. The number of nitrogens with one attached hydrogen (secondary N) is 2. The van der Waals surface area contributed by atoms with Gasteiger partial charge in [0, 0.05) is 18.6 Å².